The molecule has 0 bridgehead atoms. The molecule has 0 radical (unpaired) electrons. The fourth-order valence-electron chi connectivity index (χ4n) is 2.81. The van der Waals surface area contributed by atoms with Crippen LogP contribution in [0.2, 0.25) is 0 Å². The van der Waals surface area contributed by atoms with E-state index in [1.807, 2.05) is 0 Å². The summed E-state index contributed by atoms with van der Waals surface area (Å²) >= 11 is 0. The van der Waals surface area contributed by atoms with Gasteiger partial charge in [-0.3, -0.25) is 0 Å². The molecule has 2 fully saturated rings. The van der Waals surface area contributed by atoms with Crippen molar-refractivity contribution in [3.63, 3.8) is 0 Å². The van der Waals surface area contributed by atoms with Crippen LogP contribution in [0.5, 0.6) is 0 Å². The van der Waals surface area contributed by atoms with Gasteiger partial charge in [-0.15, -0.1) is 0 Å². The monoisotopic (exact) mass is 224 g/mol. The molecule has 2 nitrogen and oxygen atoms in total. The van der Waals surface area contributed by atoms with Crippen LogP contribution in [0.3, 0.4) is 0 Å². The van der Waals surface area contributed by atoms with Crippen LogP contribution < -0.4 is 5.32 Å². The largest absolute Gasteiger partial charge is 0.314 e. The van der Waals surface area contributed by atoms with Crippen molar-refractivity contribution in [2.24, 2.45) is 11.8 Å². The topological polar surface area (TPSA) is 15.3 Å². The van der Waals surface area contributed by atoms with E-state index in [1.165, 1.54) is 58.3 Å². The number of nitrogens with one attached hydrogen (secondary N) is 1. The first-order valence-corrected chi connectivity index (χ1v) is 7.20. The van der Waals surface area contributed by atoms with Crippen LogP contribution in [0.15, 0.2) is 0 Å². The van der Waals surface area contributed by atoms with Gasteiger partial charge in [0.15, 0.2) is 0 Å². The second kappa shape index (κ2) is 6.02. The molecule has 16 heavy (non-hydrogen) atoms. The number of hydrogen-bond acceptors (Lipinski definition) is 2. The van der Waals surface area contributed by atoms with Crippen LogP contribution in [-0.4, -0.2) is 37.1 Å². The lowest BCUT2D eigenvalue weighted by molar-refractivity contribution is 0.277. The van der Waals surface area contributed by atoms with Gasteiger partial charge in [0.1, 0.15) is 0 Å². The Morgan fingerprint density at radius 2 is 1.88 bits per heavy atom. The molecule has 2 rings (SSSR count). The lowest BCUT2D eigenvalue weighted by atomic mass is 10.1. The molecule has 0 amide bonds. The third-order valence-electron chi connectivity index (χ3n) is 3.97. The number of likely N-dealkylation sites (tertiary alicyclic amines) is 1. The minimum absolute atomic E-state index is 0.730. The summed E-state index contributed by atoms with van der Waals surface area (Å²) in [4.78, 5) is 2.62. The number of nitrogens with zero attached hydrogens (tertiary/aromatic N) is 1. The average molecular weight is 224 g/mol. The van der Waals surface area contributed by atoms with Crippen LogP contribution in [0.25, 0.3) is 0 Å². The first kappa shape index (κ1) is 12.4. The second-order valence-electron chi connectivity index (χ2n) is 6.10. The maximum Gasteiger partial charge on any atom is 0.00414 e. The van der Waals surface area contributed by atoms with Gasteiger partial charge < -0.3 is 10.2 Å². The smallest absolute Gasteiger partial charge is 0.00414 e. The molecule has 0 spiro atoms. The van der Waals surface area contributed by atoms with Crippen molar-refractivity contribution in [3.05, 3.63) is 0 Å². The van der Waals surface area contributed by atoms with Gasteiger partial charge in [-0.25, -0.2) is 0 Å². The molecule has 1 aliphatic heterocycles. The van der Waals surface area contributed by atoms with Gasteiger partial charge in [-0.05, 0) is 57.7 Å². The highest BCUT2D eigenvalue weighted by Gasteiger charge is 2.23. The van der Waals surface area contributed by atoms with Crippen molar-refractivity contribution < 1.29 is 0 Å². The summed E-state index contributed by atoms with van der Waals surface area (Å²) in [6.45, 7) is 9.90. The zero-order chi connectivity index (χ0) is 11.4. The maximum atomic E-state index is 3.70. The van der Waals surface area contributed by atoms with Crippen LogP contribution in [0.4, 0.5) is 0 Å². The zero-order valence-corrected chi connectivity index (χ0v) is 11.0. The van der Waals surface area contributed by atoms with Crippen molar-refractivity contribution in [2.45, 2.75) is 52.0 Å². The molecule has 0 aromatic carbocycles. The summed E-state index contributed by atoms with van der Waals surface area (Å²) in [6, 6.07) is 0.730. The SMILES string of the molecule is CC(CNC(C)CC1CC1)CN1CCCC1. The highest BCUT2D eigenvalue weighted by Crippen LogP contribution is 2.33. The zero-order valence-electron chi connectivity index (χ0n) is 11.0. The summed E-state index contributed by atoms with van der Waals surface area (Å²) in [5.41, 5.74) is 0. The summed E-state index contributed by atoms with van der Waals surface area (Å²) in [6.07, 6.45) is 7.19. The van der Waals surface area contributed by atoms with Crippen LogP contribution in [-0.2, 0) is 0 Å². The van der Waals surface area contributed by atoms with Crippen molar-refractivity contribution in [2.75, 3.05) is 26.2 Å². The Kier molecular flexibility index (Phi) is 4.66. The van der Waals surface area contributed by atoms with E-state index in [-0.39, 0.29) is 0 Å². The van der Waals surface area contributed by atoms with E-state index >= 15 is 0 Å². The highest BCUT2D eigenvalue weighted by atomic mass is 15.1. The third kappa shape index (κ3) is 4.42. The molecular weight excluding hydrogens is 196 g/mol. The fourth-order valence-corrected chi connectivity index (χ4v) is 2.81. The molecule has 2 unspecified atom stereocenters. The fraction of sp³-hybridized carbons (Fsp3) is 1.00. The maximum absolute atomic E-state index is 3.70. The standard InChI is InChI=1S/C14H28N2/c1-12(11-16-7-3-4-8-16)10-15-13(2)9-14-5-6-14/h12-15H,3-11H2,1-2H3. The van der Waals surface area contributed by atoms with E-state index in [2.05, 4.69) is 24.1 Å². The first-order valence-electron chi connectivity index (χ1n) is 7.20. The lowest BCUT2D eigenvalue weighted by Gasteiger charge is -2.22. The van der Waals surface area contributed by atoms with Crippen molar-refractivity contribution in [1.29, 1.82) is 0 Å². The molecule has 0 aromatic rings. The first-order chi connectivity index (χ1) is 7.74. The predicted octanol–water partition coefficient (Wildman–Crippen LogP) is 2.50. The molecule has 2 heteroatoms. The van der Waals surface area contributed by atoms with Gasteiger partial charge in [-0.2, -0.15) is 0 Å². The summed E-state index contributed by atoms with van der Waals surface area (Å²) in [5, 5.41) is 3.70. The Balaban J connectivity index is 1.53. The van der Waals surface area contributed by atoms with E-state index in [9.17, 15) is 0 Å². The van der Waals surface area contributed by atoms with Crippen LogP contribution in [0.1, 0.15) is 46.0 Å². The normalized spacial score (nSPS) is 25.9. The molecule has 1 aliphatic carbocycles. The number of hydrogen-bond donors (Lipinski definition) is 1. The summed E-state index contributed by atoms with van der Waals surface area (Å²) in [5.74, 6) is 1.86. The molecular formula is C14H28N2. The van der Waals surface area contributed by atoms with Crippen molar-refractivity contribution in [3.8, 4) is 0 Å². The van der Waals surface area contributed by atoms with Crippen molar-refractivity contribution in [1.82, 2.24) is 10.2 Å². The van der Waals surface area contributed by atoms with Gasteiger partial charge in [0.05, 0.1) is 0 Å². The van der Waals surface area contributed by atoms with E-state index in [0.29, 0.717) is 0 Å². The van der Waals surface area contributed by atoms with Crippen LogP contribution in [0, 0.1) is 11.8 Å². The Bertz CT molecular complexity index is 195. The molecule has 94 valence electrons. The summed E-state index contributed by atoms with van der Waals surface area (Å²) in [7, 11) is 0. The quantitative estimate of drug-likeness (QED) is 0.715. The van der Waals surface area contributed by atoms with E-state index in [1.54, 1.807) is 0 Å². The molecule has 1 saturated carbocycles. The summed E-state index contributed by atoms with van der Waals surface area (Å²) < 4.78 is 0. The molecule has 0 aromatic heterocycles. The molecule has 2 atom stereocenters. The lowest BCUT2D eigenvalue weighted by Crippen LogP contribution is -2.35. The molecule has 1 N–H and O–H groups in total. The van der Waals surface area contributed by atoms with E-state index < -0.39 is 0 Å². The molecule has 1 heterocycles. The van der Waals surface area contributed by atoms with E-state index in [0.717, 1.165) is 17.9 Å². The van der Waals surface area contributed by atoms with Gasteiger partial charge >= 0.3 is 0 Å². The van der Waals surface area contributed by atoms with Crippen molar-refractivity contribution >= 4 is 0 Å². The minimum Gasteiger partial charge on any atom is -0.314 e. The van der Waals surface area contributed by atoms with Gasteiger partial charge in [0.2, 0.25) is 0 Å². The van der Waals surface area contributed by atoms with Crippen LogP contribution >= 0.6 is 0 Å². The van der Waals surface area contributed by atoms with Gasteiger partial charge in [0.25, 0.3) is 0 Å². The second-order valence-corrected chi connectivity index (χ2v) is 6.10. The Labute approximate surface area is 101 Å². The minimum atomic E-state index is 0.730. The molecule has 1 saturated heterocycles. The Morgan fingerprint density at radius 3 is 2.50 bits per heavy atom. The molecule has 2 aliphatic rings. The third-order valence-corrected chi connectivity index (χ3v) is 3.97. The highest BCUT2D eigenvalue weighted by molar-refractivity contribution is 4.78. The van der Waals surface area contributed by atoms with E-state index in [4.69, 9.17) is 0 Å². The predicted molar refractivity (Wildman–Crippen MR) is 69.6 cm³/mol. The van der Waals surface area contributed by atoms with Gasteiger partial charge in [0, 0.05) is 12.6 Å². The number of rotatable bonds is 7. The Hall–Kier alpha value is -0.0800. The van der Waals surface area contributed by atoms with Gasteiger partial charge in [-0.1, -0.05) is 19.8 Å². The average Bonchev–Trinajstić information content (AvgIpc) is 2.91. The Morgan fingerprint density at radius 1 is 1.19 bits per heavy atom.